The van der Waals surface area contributed by atoms with Crippen molar-refractivity contribution in [3.63, 3.8) is 0 Å². The molecule has 0 aliphatic heterocycles. The van der Waals surface area contributed by atoms with E-state index >= 15 is 0 Å². The summed E-state index contributed by atoms with van der Waals surface area (Å²) in [4.78, 5) is 0. The van der Waals surface area contributed by atoms with Crippen LogP contribution in [0.1, 0.15) is 24.9 Å². The van der Waals surface area contributed by atoms with Gasteiger partial charge in [-0.2, -0.15) is 0 Å². The molecular weight excluding hydrogens is 335 g/mol. The van der Waals surface area contributed by atoms with Crippen molar-refractivity contribution in [1.82, 2.24) is 0 Å². The first-order chi connectivity index (χ1) is 8.70. The van der Waals surface area contributed by atoms with Gasteiger partial charge in [0.1, 0.15) is 0 Å². The number of nitrogens with one attached hydrogen (secondary N) is 1. The summed E-state index contributed by atoms with van der Waals surface area (Å²) < 4.78 is 1.15. The van der Waals surface area contributed by atoms with Gasteiger partial charge < -0.3 is 11.1 Å². The molecule has 0 aromatic heterocycles. The molecule has 0 fully saturated rings. The smallest absolute Gasteiger partial charge is 0.0511 e. The zero-order valence-corrected chi connectivity index (χ0v) is 12.5. The van der Waals surface area contributed by atoms with Crippen LogP contribution in [0, 0.1) is 3.57 Å². The van der Waals surface area contributed by atoms with E-state index in [-0.39, 0.29) is 0 Å². The van der Waals surface area contributed by atoms with Gasteiger partial charge in [0.2, 0.25) is 0 Å². The summed E-state index contributed by atoms with van der Waals surface area (Å²) in [6.07, 6.45) is 1.05. The van der Waals surface area contributed by atoms with Crippen LogP contribution in [0.15, 0.2) is 48.5 Å². The normalized spacial score (nSPS) is 12.1. The summed E-state index contributed by atoms with van der Waals surface area (Å²) in [5, 5.41) is 3.58. The Kier molecular flexibility index (Phi) is 4.47. The number of anilines is 2. The number of benzene rings is 2. The molecule has 2 rings (SSSR count). The lowest BCUT2D eigenvalue weighted by atomic mass is 10.0. The largest absolute Gasteiger partial charge is 0.399 e. The van der Waals surface area contributed by atoms with Gasteiger partial charge in [0, 0.05) is 14.9 Å². The minimum Gasteiger partial charge on any atom is -0.399 e. The molecule has 2 aromatic carbocycles. The molecule has 18 heavy (non-hydrogen) atoms. The third-order valence-corrected chi connectivity index (χ3v) is 3.83. The second kappa shape index (κ2) is 6.09. The molecule has 1 unspecified atom stereocenters. The van der Waals surface area contributed by atoms with Crippen LogP contribution < -0.4 is 11.1 Å². The van der Waals surface area contributed by atoms with E-state index in [1.165, 1.54) is 5.56 Å². The van der Waals surface area contributed by atoms with Crippen molar-refractivity contribution in [2.75, 3.05) is 11.1 Å². The Morgan fingerprint density at radius 3 is 2.50 bits per heavy atom. The Labute approximate surface area is 122 Å². The molecule has 0 spiro atoms. The van der Waals surface area contributed by atoms with Crippen molar-refractivity contribution < 1.29 is 0 Å². The summed E-state index contributed by atoms with van der Waals surface area (Å²) in [6, 6.07) is 16.8. The second-order valence-electron chi connectivity index (χ2n) is 4.26. The Bertz CT molecular complexity index is 511. The molecule has 0 heterocycles. The van der Waals surface area contributed by atoms with Crippen molar-refractivity contribution in [1.29, 1.82) is 0 Å². The SMILES string of the molecule is CCC(Nc1ccc(N)cc1I)c1ccccc1. The number of rotatable bonds is 4. The highest BCUT2D eigenvalue weighted by Crippen LogP contribution is 2.27. The maximum atomic E-state index is 5.77. The van der Waals surface area contributed by atoms with Crippen LogP contribution in [0.25, 0.3) is 0 Å². The van der Waals surface area contributed by atoms with E-state index in [4.69, 9.17) is 5.73 Å². The monoisotopic (exact) mass is 352 g/mol. The van der Waals surface area contributed by atoms with E-state index < -0.39 is 0 Å². The molecule has 2 aromatic rings. The maximum Gasteiger partial charge on any atom is 0.0511 e. The minimum atomic E-state index is 0.336. The predicted octanol–water partition coefficient (Wildman–Crippen LogP) is 4.44. The number of nitrogen functional groups attached to an aromatic ring is 1. The summed E-state index contributed by atoms with van der Waals surface area (Å²) in [5.41, 5.74) is 9.02. The van der Waals surface area contributed by atoms with Crippen molar-refractivity contribution in [3.8, 4) is 0 Å². The second-order valence-corrected chi connectivity index (χ2v) is 5.42. The van der Waals surface area contributed by atoms with Crippen LogP contribution in [0.2, 0.25) is 0 Å². The standard InChI is InChI=1S/C15H17IN2/c1-2-14(11-6-4-3-5-7-11)18-15-9-8-12(17)10-13(15)16/h3-10,14,18H,2,17H2,1H3. The molecule has 0 aliphatic rings. The Hall–Kier alpha value is -1.23. The average molecular weight is 352 g/mol. The first-order valence-corrected chi connectivity index (χ1v) is 7.15. The topological polar surface area (TPSA) is 38.0 Å². The Balaban J connectivity index is 2.21. The zero-order chi connectivity index (χ0) is 13.0. The number of hydrogen-bond donors (Lipinski definition) is 2. The molecule has 1 atom stereocenters. The fourth-order valence-corrected chi connectivity index (χ4v) is 2.64. The first kappa shape index (κ1) is 13.2. The maximum absolute atomic E-state index is 5.77. The highest BCUT2D eigenvalue weighted by atomic mass is 127. The highest BCUT2D eigenvalue weighted by molar-refractivity contribution is 14.1. The van der Waals surface area contributed by atoms with Gasteiger partial charge in [-0.3, -0.25) is 0 Å². The molecule has 0 saturated heterocycles. The van der Waals surface area contributed by atoms with Crippen molar-refractivity contribution in [2.45, 2.75) is 19.4 Å². The molecule has 0 radical (unpaired) electrons. The number of halogens is 1. The highest BCUT2D eigenvalue weighted by Gasteiger charge is 2.10. The molecule has 0 saturated carbocycles. The lowest BCUT2D eigenvalue weighted by Crippen LogP contribution is -2.10. The summed E-state index contributed by atoms with van der Waals surface area (Å²) in [6.45, 7) is 2.19. The van der Waals surface area contributed by atoms with Gasteiger partial charge >= 0.3 is 0 Å². The lowest BCUT2D eigenvalue weighted by molar-refractivity contribution is 0.749. The third-order valence-electron chi connectivity index (χ3n) is 2.93. The van der Waals surface area contributed by atoms with Gasteiger partial charge in [-0.05, 0) is 52.8 Å². The molecule has 0 bridgehead atoms. The fraction of sp³-hybridized carbons (Fsp3) is 0.200. The van der Waals surface area contributed by atoms with Crippen LogP contribution >= 0.6 is 22.6 Å². The average Bonchev–Trinajstić information content (AvgIpc) is 2.39. The van der Waals surface area contributed by atoms with Crippen molar-refractivity contribution in [2.24, 2.45) is 0 Å². The van der Waals surface area contributed by atoms with Gasteiger partial charge in [-0.25, -0.2) is 0 Å². The van der Waals surface area contributed by atoms with Gasteiger partial charge in [-0.1, -0.05) is 37.3 Å². The van der Waals surface area contributed by atoms with Crippen LogP contribution in [-0.4, -0.2) is 0 Å². The van der Waals surface area contributed by atoms with Crippen molar-refractivity contribution >= 4 is 34.0 Å². The molecule has 2 nitrogen and oxygen atoms in total. The fourth-order valence-electron chi connectivity index (χ4n) is 1.94. The third kappa shape index (κ3) is 3.16. The Morgan fingerprint density at radius 2 is 1.89 bits per heavy atom. The quantitative estimate of drug-likeness (QED) is 0.631. The molecule has 3 heteroatoms. The van der Waals surface area contributed by atoms with E-state index in [1.807, 2.05) is 24.3 Å². The summed E-state index contributed by atoms with van der Waals surface area (Å²) >= 11 is 2.31. The lowest BCUT2D eigenvalue weighted by Gasteiger charge is -2.20. The van der Waals surface area contributed by atoms with E-state index in [1.54, 1.807) is 0 Å². The van der Waals surface area contributed by atoms with Gasteiger partial charge in [0.25, 0.3) is 0 Å². The van der Waals surface area contributed by atoms with Gasteiger partial charge in [0.15, 0.2) is 0 Å². The molecular formula is C15H17IN2. The van der Waals surface area contributed by atoms with E-state index in [2.05, 4.69) is 59.1 Å². The van der Waals surface area contributed by atoms with Crippen LogP contribution in [-0.2, 0) is 0 Å². The summed E-state index contributed by atoms with van der Waals surface area (Å²) in [7, 11) is 0. The molecule has 0 aliphatic carbocycles. The van der Waals surface area contributed by atoms with E-state index in [0.717, 1.165) is 21.4 Å². The summed E-state index contributed by atoms with van der Waals surface area (Å²) in [5.74, 6) is 0. The number of nitrogens with two attached hydrogens (primary N) is 1. The van der Waals surface area contributed by atoms with Crippen LogP contribution in [0.4, 0.5) is 11.4 Å². The molecule has 3 N–H and O–H groups in total. The van der Waals surface area contributed by atoms with E-state index in [9.17, 15) is 0 Å². The molecule has 94 valence electrons. The molecule has 0 amide bonds. The number of hydrogen-bond acceptors (Lipinski definition) is 2. The predicted molar refractivity (Wildman–Crippen MR) is 86.7 cm³/mol. The van der Waals surface area contributed by atoms with E-state index in [0.29, 0.717) is 6.04 Å². The Morgan fingerprint density at radius 1 is 1.17 bits per heavy atom. The first-order valence-electron chi connectivity index (χ1n) is 6.07. The van der Waals surface area contributed by atoms with Gasteiger partial charge in [0.05, 0.1) is 6.04 Å². The van der Waals surface area contributed by atoms with Crippen LogP contribution in [0.3, 0.4) is 0 Å². The van der Waals surface area contributed by atoms with Gasteiger partial charge in [-0.15, -0.1) is 0 Å². The van der Waals surface area contributed by atoms with Crippen molar-refractivity contribution in [3.05, 3.63) is 57.7 Å². The zero-order valence-electron chi connectivity index (χ0n) is 10.4. The van der Waals surface area contributed by atoms with Crippen LogP contribution in [0.5, 0.6) is 0 Å². The minimum absolute atomic E-state index is 0.336.